The van der Waals surface area contributed by atoms with Gasteiger partial charge in [0, 0.05) is 29.7 Å². The number of anilines is 1. The molecule has 28 heavy (non-hydrogen) atoms. The highest BCUT2D eigenvalue weighted by atomic mass is 79.9. The summed E-state index contributed by atoms with van der Waals surface area (Å²) >= 11 is 3.44. The summed E-state index contributed by atoms with van der Waals surface area (Å²) in [6, 6.07) is 18.5. The van der Waals surface area contributed by atoms with Crippen LogP contribution < -0.4 is 9.62 Å². The Morgan fingerprint density at radius 2 is 1.82 bits per heavy atom. The third kappa shape index (κ3) is 3.83. The summed E-state index contributed by atoms with van der Waals surface area (Å²) in [6.45, 7) is 0.693. The molecule has 3 aromatic carbocycles. The van der Waals surface area contributed by atoms with Crippen LogP contribution in [0.2, 0.25) is 0 Å². The van der Waals surface area contributed by atoms with Gasteiger partial charge in [-0.3, -0.25) is 4.79 Å². The fraction of sp³-hybridized carbons (Fsp3) is 0.190. The molecule has 0 atom stereocenters. The summed E-state index contributed by atoms with van der Waals surface area (Å²) in [6.07, 6.45) is 0.922. The summed E-state index contributed by atoms with van der Waals surface area (Å²) in [5.41, 5.74) is 2.03. The van der Waals surface area contributed by atoms with Crippen molar-refractivity contribution in [2.75, 3.05) is 18.0 Å². The van der Waals surface area contributed by atoms with Gasteiger partial charge in [0.1, 0.15) is 0 Å². The molecule has 0 saturated heterocycles. The predicted octanol–water partition coefficient (Wildman–Crippen LogP) is 3.86. The number of halogens is 1. The summed E-state index contributed by atoms with van der Waals surface area (Å²) in [5.74, 6) is -0.0812. The maximum atomic E-state index is 12.6. The minimum Gasteiger partial charge on any atom is -0.312 e. The van der Waals surface area contributed by atoms with E-state index in [-0.39, 0.29) is 23.8 Å². The molecule has 0 aromatic heterocycles. The first-order chi connectivity index (χ1) is 13.4. The molecule has 1 amide bonds. The molecule has 0 aliphatic carbocycles. The molecule has 0 spiro atoms. The van der Waals surface area contributed by atoms with E-state index in [4.69, 9.17) is 0 Å². The van der Waals surface area contributed by atoms with E-state index < -0.39 is 10.0 Å². The van der Waals surface area contributed by atoms with Crippen molar-refractivity contribution in [3.63, 3.8) is 0 Å². The zero-order chi connectivity index (χ0) is 19.7. The van der Waals surface area contributed by atoms with Crippen molar-refractivity contribution in [2.45, 2.75) is 17.7 Å². The zero-order valence-electron chi connectivity index (χ0n) is 15.1. The van der Waals surface area contributed by atoms with Crippen molar-refractivity contribution in [3.05, 3.63) is 70.7 Å². The lowest BCUT2D eigenvalue weighted by atomic mass is 10.1. The Labute approximate surface area is 172 Å². The lowest BCUT2D eigenvalue weighted by molar-refractivity contribution is -0.118. The molecular weight excluding hydrogens is 440 g/mol. The molecule has 1 heterocycles. The third-order valence-electron chi connectivity index (χ3n) is 4.90. The number of carbonyl (C=O) groups excluding carboxylic acids is 1. The van der Waals surface area contributed by atoms with E-state index in [1.54, 1.807) is 23.1 Å². The molecule has 0 unspecified atom stereocenters. The first-order valence-corrected chi connectivity index (χ1v) is 11.3. The Morgan fingerprint density at radius 3 is 2.64 bits per heavy atom. The third-order valence-corrected chi connectivity index (χ3v) is 6.85. The molecule has 1 aliphatic rings. The van der Waals surface area contributed by atoms with Gasteiger partial charge in [-0.25, -0.2) is 13.1 Å². The van der Waals surface area contributed by atoms with Gasteiger partial charge in [0.25, 0.3) is 0 Å². The first kappa shape index (κ1) is 19.1. The van der Waals surface area contributed by atoms with Gasteiger partial charge < -0.3 is 4.90 Å². The average Bonchev–Trinajstić information content (AvgIpc) is 3.10. The van der Waals surface area contributed by atoms with Gasteiger partial charge in [0.15, 0.2) is 0 Å². The van der Waals surface area contributed by atoms with Crippen LogP contribution >= 0.6 is 15.9 Å². The van der Waals surface area contributed by atoms with Crippen LogP contribution in [-0.2, 0) is 21.2 Å². The Morgan fingerprint density at radius 1 is 1.04 bits per heavy atom. The number of hydrogen-bond acceptors (Lipinski definition) is 3. The number of nitrogens with zero attached hydrogens (tertiary/aromatic N) is 1. The summed E-state index contributed by atoms with van der Waals surface area (Å²) < 4.78 is 28.7. The van der Waals surface area contributed by atoms with E-state index in [9.17, 15) is 13.2 Å². The van der Waals surface area contributed by atoms with Crippen LogP contribution in [0.3, 0.4) is 0 Å². The van der Waals surface area contributed by atoms with Crippen LogP contribution in [0.5, 0.6) is 0 Å². The normalized spacial score (nSPS) is 13.7. The van der Waals surface area contributed by atoms with Crippen LogP contribution in [0.25, 0.3) is 10.8 Å². The largest absolute Gasteiger partial charge is 0.312 e. The number of amides is 1. The van der Waals surface area contributed by atoms with Crippen LogP contribution in [0, 0.1) is 0 Å². The van der Waals surface area contributed by atoms with E-state index >= 15 is 0 Å². The highest BCUT2D eigenvalue weighted by molar-refractivity contribution is 9.10. The molecule has 144 valence electrons. The van der Waals surface area contributed by atoms with E-state index in [1.807, 2.05) is 42.5 Å². The second-order valence-electron chi connectivity index (χ2n) is 6.73. The highest BCUT2D eigenvalue weighted by Gasteiger charge is 2.25. The topological polar surface area (TPSA) is 66.5 Å². The maximum absolute atomic E-state index is 12.6. The predicted molar refractivity (Wildman–Crippen MR) is 114 cm³/mol. The lowest BCUT2D eigenvalue weighted by Crippen LogP contribution is -2.33. The number of nitrogens with one attached hydrogen (secondary N) is 1. The van der Waals surface area contributed by atoms with Crippen molar-refractivity contribution in [2.24, 2.45) is 0 Å². The number of fused-ring (bicyclic) bond motifs is 2. The number of hydrogen-bond donors (Lipinski definition) is 1. The van der Waals surface area contributed by atoms with Crippen molar-refractivity contribution < 1.29 is 13.2 Å². The van der Waals surface area contributed by atoms with Crippen molar-refractivity contribution in [3.8, 4) is 0 Å². The van der Waals surface area contributed by atoms with Crippen LogP contribution in [0.15, 0.2) is 70.0 Å². The van der Waals surface area contributed by atoms with Gasteiger partial charge in [-0.1, -0.05) is 46.3 Å². The monoisotopic (exact) mass is 458 g/mol. The molecular formula is C21H19BrN2O3S. The van der Waals surface area contributed by atoms with E-state index in [0.717, 1.165) is 32.9 Å². The quantitative estimate of drug-likeness (QED) is 0.630. The second kappa shape index (κ2) is 7.66. The van der Waals surface area contributed by atoms with Crippen LogP contribution in [0.1, 0.15) is 12.0 Å². The molecule has 1 N–H and O–H groups in total. The SMILES string of the molecule is O=C(CCNS(=O)(=O)c1ccc2ccccc2c1)N1CCc2cc(Br)ccc21. The second-order valence-corrected chi connectivity index (χ2v) is 9.41. The summed E-state index contributed by atoms with van der Waals surface area (Å²) in [4.78, 5) is 14.5. The molecule has 3 aromatic rings. The minimum absolute atomic E-state index is 0.0658. The van der Waals surface area contributed by atoms with E-state index in [0.29, 0.717) is 6.54 Å². The summed E-state index contributed by atoms with van der Waals surface area (Å²) in [5, 5.41) is 1.84. The number of rotatable bonds is 5. The van der Waals surface area contributed by atoms with Crippen LogP contribution in [0.4, 0.5) is 5.69 Å². The Balaban J connectivity index is 1.41. The molecule has 7 heteroatoms. The zero-order valence-corrected chi connectivity index (χ0v) is 17.5. The number of sulfonamides is 1. The van der Waals surface area contributed by atoms with E-state index in [2.05, 4.69) is 20.7 Å². The van der Waals surface area contributed by atoms with Gasteiger partial charge >= 0.3 is 0 Å². The molecule has 0 radical (unpaired) electrons. The Hall–Kier alpha value is -2.22. The number of carbonyl (C=O) groups is 1. The van der Waals surface area contributed by atoms with Gasteiger partial charge in [0.05, 0.1) is 4.90 Å². The first-order valence-electron chi connectivity index (χ1n) is 9.01. The Kier molecular flexibility index (Phi) is 5.23. The average molecular weight is 459 g/mol. The standard InChI is InChI=1S/C21H19BrN2O3S/c22-18-6-8-20-17(13-18)10-12-24(20)21(25)9-11-23-28(26,27)19-7-5-15-3-1-2-4-16(15)14-19/h1-8,13-14,23H,9-12H2. The molecule has 1 aliphatic heterocycles. The van der Waals surface area contributed by atoms with Crippen molar-refractivity contribution in [1.82, 2.24) is 4.72 Å². The molecule has 0 fully saturated rings. The molecule has 0 saturated carbocycles. The Bertz CT molecular complexity index is 1160. The molecule has 5 nitrogen and oxygen atoms in total. The van der Waals surface area contributed by atoms with Gasteiger partial charge in [-0.05, 0) is 53.1 Å². The highest BCUT2D eigenvalue weighted by Crippen LogP contribution is 2.30. The lowest BCUT2D eigenvalue weighted by Gasteiger charge is -2.17. The summed E-state index contributed by atoms with van der Waals surface area (Å²) in [7, 11) is -3.66. The molecule has 4 rings (SSSR count). The van der Waals surface area contributed by atoms with Crippen molar-refractivity contribution >= 4 is 48.3 Å². The maximum Gasteiger partial charge on any atom is 0.240 e. The molecule has 0 bridgehead atoms. The minimum atomic E-state index is -3.66. The fourth-order valence-electron chi connectivity index (χ4n) is 3.47. The number of benzene rings is 3. The van der Waals surface area contributed by atoms with Gasteiger partial charge in [-0.2, -0.15) is 0 Å². The van der Waals surface area contributed by atoms with E-state index in [1.165, 1.54) is 0 Å². The smallest absolute Gasteiger partial charge is 0.240 e. The fourth-order valence-corrected chi connectivity index (χ4v) is 4.95. The van der Waals surface area contributed by atoms with Gasteiger partial charge in [0.2, 0.25) is 15.9 Å². The van der Waals surface area contributed by atoms with Crippen LogP contribution in [-0.4, -0.2) is 27.4 Å². The van der Waals surface area contributed by atoms with Gasteiger partial charge in [-0.15, -0.1) is 0 Å². The van der Waals surface area contributed by atoms with Crippen molar-refractivity contribution in [1.29, 1.82) is 0 Å².